The largest absolute Gasteiger partial charge is 0.354 e. The molecule has 2 N–H and O–H groups in total. The maximum atomic E-state index is 12.9. The topological polar surface area (TPSA) is 79.3 Å². The van der Waals surface area contributed by atoms with Crippen molar-refractivity contribution in [3.05, 3.63) is 48.3 Å². The van der Waals surface area contributed by atoms with Crippen LogP contribution in [-0.4, -0.2) is 58.7 Å². The molecule has 0 spiro atoms. The molecule has 2 atom stereocenters. The van der Waals surface area contributed by atoms with Crippen molar-refractivity contribution in [3.8, 4) is 5.69 Å². The Balaban J connectivity index is 1.32. The predicted molar refractivity (Wildman–Crippen MR) is 106 cm³/mol. The zero-order valence-electron chi connectivity index (χ0n) is 16.0. The molecule has 2 aliphatic rings. The Kier molecular flexibility index (Phi) is 5.71. The normalized spacial score (nSPS) is 22.2. The number of nitrogens with zero attached hydrogens (tertiary/aromatic N) is 3. The molecule has 1 aromatic carbocycles. The summed E-state index contributed by atoms with van der Waals surface area (Å²) in [5.74, 6) is 0.460. The van der Waals surface area contributed by atoms with E-state index in [2.05, 4.69) is 15.7 Å². The molecule has 0 bridgehead atoms. The number of hydrogen-bond donors (Lipinski definition) is 2. The number of piperidine rings is 1. The van der Waals surface area contributed by atoms with Crippen molar-refractivity contribution in [1.82, 2.24) is 25.3 Å². The highest BCUT2D eigenvalue weighted by Gasteiger charge is 2.26. The Hall–Kier alpha value is -2.67. The number of carbonyl (C=O) groups is 2. The van der Waals surface area contributed by atoms with E-state index in [0.29, 0.717) is 24.6 Å². The molecule has 2 amide bonds. The number of amides is 2. The molecule has 0 radical (unpaired) electrons. The first-order chi connectivity index (χ1) is 13.7. The summed E-state index contributed by atoms with van der Waals surface area (Å²) >= 11 is 0. The van der Waals surface area contributed by atoms with E-state index < -0.39 is 0 Å². The maximum absolute atomic E-state index is 12.9. The van der Waals surface area contributed by atoms with Gasteiger partial charge in [-0.15, -0.1) is 0 Å². The van der Waals surface area contributed by atoms with Gasteiger partial charge in [0, 0.05) is 37.6 Å². The number of rotatable bonds is 5. The fourth-order valence-corrected chi connectivity index (χ4v) is 4.05. The van der Waals surface area contributed by atoms with Crippen molar-refractivity contribution in [2.45, 2.75) is 31.7 Å². The maximum Gasteiger partial charge on any atom is 0.253 e. The van der Waals surface area contributed by atoms with Gasteiger partial charge in [0.2, 0.25) is 5.91 Å². The third kappa shape index (κ3) is 4.25. The standard InChI is InChI=1S/C21H27N5O2/c27-20(19-5-1-10-22-19)23-14-16-4-2-12-25(15-16)21(28)17-6-8-18(9-7-17)26-13-3-11-24-26/h3,6-9,11,13,16,19,22H,1-2,4-5,10,12,14-15H2,(H,23,27). The molecule has 1 aromatic heterocycles. The van der Waals surface area contributed by atoms with Crippen LogP contribution in [-0.2, 0) is 4.79 Å². The first kappa shape index (κ1) is 18.7. The lowest BCUT2D eigenvalue weighted by Crippen LogP contribution is -2.46. The van der Waals surface area contributed by atoms with Crippen LogP contribution < -0.4 is 10.6 Å². The summed E-state index contributed by atoms with van der Waals surface area (Å²) in [7, 11) is 0. The summed E-state index contributed by atoms with van der Waals surface area (Å²) in [6.07, 6.45) is 7.59. The van der Waals surface area contributed by atoms with Gasteiger partial charge in [-0.05, 0) is 68.5 Å². The molecule has 2 fully saturated rings. The molecule has 2 saturated heterocycles. The highest BCUT2D eigenvalue weighted by Crippen LogP contribution is 2.19. The van der Waals surface area contributed by atoms with Gasteiger partial charge in [0.25, 0.3) is 5.91 Å². The van der Waals surface area contributed by atoms with Crippen LogP contribution in [0.4, 0.5) is 0 Å². The molecular formula is C21H27N5O2. The summed E-state index contributed by atoms with van der Waals surface area (Å²) in [6, 6.07) is 9.36. The first-order valence-corrected chi connectivity index (χ1v) is 10.1. The predicted octanol–water partition coefficient (Wildman–Crippen LogP) is 1.59. The lowest BCUT2D eigenvalue weighted by molar-refractivity contribution is -0.123. The summed E-state index contributed by atoms with van der Waals surface area (Å²) < 4.78 is 1.77. The first-order valence-electron chi connectivity index (χ1n) is 10.1. The van der Waals surface area contributed by atoms with Gasteiger partial charge in [0.15, 0.2) is 0 Å². The molecule has 2 aliphatic heterocycles. The average molecular weight is 381 g/mol. The van der Waals surface area contributed by atoms with Crippen LogP contribution in [0.5, 0.6) is 0 Å². The summed E-state index contributed by atoms with van der Waals surface area (Å²) in [4.78, 5) is 27.0. The molecule has 4 rings (SSSR count). The molecule has 0 aliphatic carbocycles. The molecule has 148 valence electrons. The van der Waals surface area contributed by atoms with Crippen LogP contribution in [0, 0.1) is 5.92 Å². The minimum atomic E-state index is -0.0466. The van der Waals surface area contributed by atoms with Crippen molar-refractivity contribution in [2.75, 3.05) is 26.2 Å². The van der Waals surface area contributed by atoms with Gasteiger partial charge >= 0.3 is 0 Å². The van der Waals surface area contributed by atoms with E-state index in [4.69, 9.17) is 0 Å². The number of hydrogen-bond acceptors (Lipinski definition) is 4. The summed E-state index contributed by atoms with van der Waals surface area (Å²) in [5, 5.41) is 10.5. The number of benzene rings is 1. The second kappa shape index (κ2) is 8.56. The fourth-order valence-electron chi connectivity index (χ4n) is 4.05. The third-order valence-corrected chi connectivity index (χ3v) is 5.63. The molecule has 3 heterocycles. The van der Waals surface area contributed by atoms with Gasteiger partial charge in [-0.25, -0.2) is 4.68 Å². The van der Waals surface area contributed by atoms with Crippen molar-refractivity contribution in [1.29, 1.82) is 0 Å². The van der Waals surface area contributed by atoms with Gasteiger partial charge in [-0.2, -0.15) is 5.10 Å². The van der Waals surface area contributed by atoms with E-state index >= 15 is 0 Å². The Morgan fingerprint density at radius 2 is 2.04 bits per heavy atom. The second-order valence-electron chi connectivity index (χ2n) is 7.65. The van der Waals surface area contributed by atoms with Crippen molar-refractivity contribution in [3.63, 3.8) is 0 Å². The van der Waals surface area contributed by atoms with Crippen LogP contribution in [0.3, 0.4) is 0 Å². The van der Waals surface area contributed by atoms with Crippen LogP contribution in [0.2, 0.25) is 0 Å². The Morgan fingerprint density at radius 3 is 2.75 bits per heavy atom. The molecule has 0 saturated carbocycles. The van der Waals surface area contributed by atoms with Gasteiger partial charge in [-0.3, -0.25) is 9.59 Å². The Bertz CT molecular complexity index is 797. The van der Waals surface area contributed by atoms with Crippen LogP contribution in [0.15, 0.2) is 42.7 Å². The highest BCUT2D eigenvalue weighted by atomic mass is 16.2. The van der Waals surface area contributed by atoms with Crippen LogP contribution in [0.25, 0.3) is 5.69 Å². The van der Waals surface area contributed by atoms with Gasteiger partial charge < -0.3 is 15.5 Å². The fraction of sp³-hybridized carbons (Fsp3) is 0.476. The zero-order valence-corrected chi connectivity index (χ0v) is 16.0. The Labute approximate surface area is 165 Å². The van der Waals surface area contributed by atoms with Gasteiger partial charge in [-0.1, -0.05) is 0 Å². The van der Waals surface area contributed by atoms with E-state index in [0.717, 1.165) is 44.5 Å². The van der Waals surface area contributed by atoms with E-state index in [1.165, 1.54) is 0 Å². The highest BCUT2D eigenvalue weighted by molar-refractivity contribution is 5.94. The minimum absolute atomic E-state index is 0.0466. The molecule has 7 nitrogen and oxygen atoms in total. The number of aromatic nitrogens is 2. The third-order valence-electron chi connectivity index (χ3n) is 5.63. The second-order valence-corrected chi connectivity index (χ2v) is 7.65. The average Bonchev–Trinajstić information content (AvgIpc) is 3.46. The van der Waals surface area contributed by atoms with Crippen LogP contribution >= 0.6 is 0 Å². The zero-order chi connectivity index (χ0) is 19.3. The van der Waals surface area contributed by atoms with Gasteiger partial charge in [0.05, 0.1) is 11.7 Å². The molecule has 2 aromatic rings. The quantitative estimate of drug-likeness (QED) is 0.824. The number of nitrogens with one attached hydrogen (secondary N) is 2. The lowest BCUT2D eigenvalue weighted by Gasteiger charge is -2.33. The van der Waals surface area contributed by atoms with Crippen LogP contribution in [0.1, 0.15) is 36.0 Å². The minimum Gasteiger partial charge on any atom is -0.354 e. The summed E-state index contributed by atoms with van der Waals surface area (Å²) in [6.45, 7) is 3.02. The molecule has 7 heteroatoms. The lowest BCUT2D eigenvalue weighted by atomic mass is 9.97. The van der Waals surface area contributed by atoms with Crippen molar-refractivity contribution >= 4 is 11.8 Å². The monoisotopic (exact) mass is 381 g/mol. The van der Waals surface area contributed by atoms with E-state index in [-0.39, 0.29) is 17.9 Å². The summed E-state index contributed by atoms with van der Waals surface area (Å²) in [5.41, 5.74) is 1.62. The number of likely N-dealkylation sites (tertiary alicyclic amines) is 1. The van der Waals surface area contributed by atoms with Crippen molar-refractivity contribution in [2.24, 2.45) is 5.92 Å². The van der Waals surface area contributed by atoms with E-state index in [1.807, 2.05) is 41.4 Å². The SMILES string of the molecule is O=C(NCC1CCCN(C(=O)c2ccc(-n3cccn3)cc2)C1)C1CCCN1. The molecule has 28 heavy (non-hydrogen) atoms. The van der Waals surface area contributed by atoms with E-state index in [1.54, 1.807) is 10.9 Å². The van der Waals surface area contributed by atoms with Crippen molar-refractivity contribution < 1.29 is 9.59 Å². The Morgan fingerprint density at radius 1 is 1.18 bits per heavy atom. The van der Waals surface area contributed by atoms with E-state index in [9.17, 15) is 9.59 Å². The molecular weight excluding hydrogens is 354 g/mol. The number of carbonyl (C=O) groups excluding carboxylic acids is 2. The van der Waals surface area contributed by atoms with Gasteiger partial charge in [0.1, 0.15) is 0 Å². The smallest absolute Gasteiger partial charge is 0.253 e. The molecule has 2 unspecified atom stereocenters.